The molecule has 10 heteroatoms. The van der Waals surface area contributed by atoms with E-state index in [1.807, 2.05) is 0 Å². The van der Waals surface area contributed by atoms with Crippen LogP contribution < -0.4 is 16.8 Å². The van der Waals surface area contributed by atoms with Crippen LogP contribution in [-0.4, -0.2) is 57.8 Å². The van der Waals surface area contributed by atoms with Gasteiger partial charge < -0.3 is 32.1 Å². The fourth-order valence-electron chi connectivity index (χ4n) is 1.10. The lowest BCUT2D eigenvalue weighted by Crippen LogP contribution is -2.32. The van der Waals surface area contributed by atoms with Crippen LogP contribution in [0.5, 0.6) is 0 Å². The van der Waals surface area contributed by atoms with Gasteiger partial charge >= 0.3 is 17.9 Å². The van der Waals surface area contributed by atoms with Crippen molar-refractivity contribution in [2.45, 2.75) is 44.7 Å². The molecular formula is C12H23N3O7. The molecule has 0 saturated carbocycles. The number of carbonyl (C=O) groups is 4. The second kappa shape index (κ2) is 12.5. The molecule has 0 aromatic rings. The van der Waals surface area contributed by atoms with Gasteiger partial charge in [0.15, 0.2) is 0 Å². The van der Waals surface area contributed by atoms with Gasteiger partial charge in [-0.15, -0.1) is 0 Å². The molecule has 0 heterocycles. The van der Waals surface area contributed by atoms with Crippen molar-refractivity contribution in [2.75, 3.05) is 6.54 Å². The third-order valence-corrected chi connectivity index (χ3v) is 2.36. The highest BCUT2D eigenvalue weighted by atomic mass is 16.4. The van der Waals surface area contributed by atoms with Crippen LogP contribution >= 0.6 is 0 Å². The summed E-state index contributed by atoms with van der Waals surface area (Å²) in [4.78, 5) is 40.9. The van der Waals surface area contributed by atoms with E-state index in [2.05, 4.69) is 5.32 Å². The van der Waals surface area contributed by atoms with Crippen molar-refractivity contribution in [2.24, 2.45) is 11.5 Å². The zero-order valence-corrected chi connectivity index (χ0v) is 12.3. The Kier molecular flexibility index (Phi) is 12.6. The van der Waals surface area contributed by atoms with Gasteiger partial charge in [-0.2, -0.15) is 0 Å². The summed E-state index contributed by atoms with van der Waals surface area (Å²) in [5, 5.41) is 27.2. The van der Waals surface area contributed by atoms with E-state index in [0.717, 1.165) is 0 Å². The first-order valence-electron chi connectivity index (χ1n) is 6.57. The number of hydrogen-bond acceptors (Lipinski definition) is 6. The summed E-state index contributed by atoms with van der Waals surface area (Å²) < 4.78 is 0. The molecule has 0 spiro atoms. The molecule has 0 aromatic carbocycles. The van der Waals surface area contributed by atoms with Gasteiger partial charge in [0, 0.05) is 19.4 Å². The third kappa shape index (κ3) is 14.2. The van der Waals surface area contributed by atoms with Crippen LogP contribution in [0.25, 0.3) is 0 Å². The molecule has 0 fully saturated rings. The topological polar surface area (TPSA) is 193 Å². The Morgan fingerprint density at radius 2 is 1.32 bits per heavy atom. The van der Waals surface area contributed by atoms with Crippen molar-refractivity contribution in [3.05, 3.63) is 0 Å². The molecule has 2 atom stereocenters. The number of amides is 1. The SMILES string of the molecule is CCNC(=O)CC[C@H](N)C(=O)O.N[C@@H](CCC(=O)O)C(=O)O. The highest BCUT2D eigenvalue weighted by Gasteiger charge is 2.13. The molecule has 10 nitrogen and oxygen atoms in total. The molecule has 0 aromatic heterocycles. The Morgan fingerprint density at radius 1 is 0.909 bits per heavy atom. The average Bonchev–Trinajstić information content (AvgIpc) is 2.42. The normalized spacial score (nSPS) is 12.3. The van der Waals surface area contributed by atoms with E-state index in [1.54, 1.807) is 6.92 Å². The molecule has 0 aliphatic rings. The van der Waals surface area contributed by atoms with Crippen molar-refractivity contribution >= 4 is 23.8 Å². The smallest absolute Gasteiger partial charge is 0.320 e. The molecule has 0 aliphatic carbocycles. The minimum Gasteiger partial charge on any atom is -0.481 e. The fourth-order valence-corrected chi connectivity index (χ4v) is 1.10. The molecular weight excluding hydrogens is 298 g/mol. The fraction of sp³-hybridized carbons (Fsp3) is 0.667. The van der Waals surface area contributed by atoms with Crippen molar-refractivity contribution in [1.82, 2.24) is 5.32 Å². The number of carbonyl (C=O) groups excluding carboxylic acids is 1. The Bertz CT molecular complexity index is 387. The maximum atomic E-state index is 10.8. The van der Waals surface area contributed by atoms with E-state index < -0.39 is 30.0 Å². The Morgan fingerprint density at radius 3 is 1.64 bits per heavy atom. The summed E-state index contributed by atoms with van der Waals surface area (Å²) in [5.74, 6) is -3.42. The van der Waals surface area contributed by atoms with Crippen LogP contribution in [0.15, 0.2) is 0 Å². The Labute approximate surface area is 127 Å². The predicted octanol–water partition coefficient (Wildman–Crippen LogP) is -1.42. The van der Waals surface area contributed by atoms with E-state index in [9.17, 15) is 19.2 Å². The van der Waals surface area contributed by atoms with E-state index in [0.29, 0.717) is 6.54 Å². The molecule has 22 heavy (non-hydrogen) atoms. The maximum absolute atomic E-state index is 10.8. The van der Waals surface area contributed by atoms with Gasteiger partial charge in [-0.25, -0.2) is 0 Å². The second-order valence-corrected chi connectivity index (χ2v) is 4.31. The van der Waals surface area contributed by atoms with Gasteiger partial charge in [0.2, 0.25) is 5.91 Å². The van der Waals surface area contributed by atoms with Gasteiger partial charge in [0.05, 0.1) is 0 Å². The number of nitrogens with two attached hydrogens (primary N) is 2. The Balaban J connectivity index is 0. The van der Waals surface area contributed by atoms with Crippen LogP contribution in [0.4, 0.5) is 0 Å². The first-order valence-corrected chi connectivity index (χ1v) is 6.57. The second-order valence-electron chi connectivity index (χ2n) is 4.31. The summed E-state index contributed by atoms with van der Waals surface area (Å²) in [5.41, 5.74) is 10.2. The molecule has 128 valence electrons. The minimum absolute atomic E-state index is 0.0231. The van der Waals surface area contributed by atoms with Crippen molar-refractivity contribution in [1.29, 1.82) is 0 Å². The molecule has 1 amide bonds. The zero-order valence-electron chi connectivity index (χ0n) is 12.3. The lowest BCUT2D eigenvalue weighted by molar-refractivity contribution is -0.140. The highest BCUT2D eigenvalue weighted by Crippen LogP contribution is 1.94. The molecule has 0 saturated heterocycles. The van der Waals surface area contributed by atoms with E-state index in [1.165, 1.54) is 0 Å². The number of rotatable bonds is 9. The first-order chi connectivity index (χ1) is 10.1. The molecule has 0 unspecified atom stereocenters. The molecule has 0 radical (unpaired) electrons. The quantitative estimate of drug-likeness (QED) is 0.295. The highest BCUT2D eigenvalue weighted by molar-refractivity contribution is 5.78. The lowest BCUT2D eigenvalue weighted by Gasteiger charge is -2.05. The predicted molar refractivity (Wildman–Crippen MR) is 76.0 cm³/mol. The summed E-state index contributed by atoms with van der Waals surface area (Å²) in [6.07, 6.45) is 0.126. The molecule has 0 rings (SSSR count). The standard InChI is InChI=1S/C7H14N2O3.C5H9NO4/c1-2-9-6(10)4-3-5(8)7(11)12;6-3(5(9)10)1-2-4(7)8/h5H,2-4,8H2,1H3,(H,9,10)(H,11,12);3H,1-2,6H2,(H,7,8)(H,9,10)/t5-;3-/m00/s1. The monoisotopic (exact) mass is 321 g/mol. The maximum Gasteiger partial charge on any atom is 0.320 e. The van der Waals surface area contributed by atoms with E-state index >= 15 is 0 Å². The largest absolute Gasteiger partial charge is 0.481 e. The van der Waals surface area contributed by atoms with Gasteiger partial charge in [-0.1, -0.05) is 0 Å². The minimum atomic E-state index is -1.17. The average molecular weight is 321 g/mol. The number of carboxylic acids is 3. The summed E-state index contributed by atoms with van der Waals surface area (Å²) >= 11 is 0. The van der Waals surface area contributed by atoms with Crippen molar-refractivity contribution < 1.29 is 34.5 Å². The summed E-state index contributed by atoms with van der Waals surface area (Å²) in [6, 6.07) is -2.00. The van der Waals surface area contributed by atoms with Crippen molar-refractivity contribution in [3.63, 3.8) is 0 Å². The number of nitrogens with one attached hydrogen (secondary N) is 1. The lowest BCUT2D eigenvalue weighted by atomic mass is 10.1. The van der Waals surface area contributed by atoms with Gasteiger partial charge in [0.1, 0.15) is 12.1 Å². The van der Waals surface area contributed by atoms with Gasteiger partial charge in [0.25, 0.3) is 0 Å². The van der Waals surface area contributed by atoms with Crippen LogP contribution in [0.3, 0.4) is 0 Å². The molecule has 0 aliphatic heterocycles. The van der Waals surface area contributed by atoms with E-state index in [-0.39, 0.29) is 31.6 Å². The van der Waals surface area contributed by atoms with Gasteiger partial charge in [-0.05, 0) is 19.8 Å². The van der Waals surface area contributed by atoms with Gasteiger partial charge in [-0.3, -0.25) is 19.2 Å². The van der Waals surface area contributed by atoms with Crippen LogP contribution in [0.2, 0.25) is 0 Å². The Hall–Kier alpha value is -2.20. The summed E-state index contributed by atoms with van der Waals surface area (Å²) in [7, 11) is 0. The third-order valence-electron chi connectivity index (χ3n) is 2.36. The van der Waals surface area contributed by atoms with Crippen molar-refractivity contribution in [3.8, 4) is 0 Å². The van der Waals surface area contributed by atoms with Crippen LogP contribution in [0.1, 0.15) is 32.6 Å². The van der Waals surface area contributed by atoms with Crippen LogP contribution in [0, 0.1) is 0 Å². The number of aliphatic carboxylic acids is 3. The molecule has 8 N–H and O–H groups in total. The number of hydrogen-bond donors (Lipinski definition) is 6. The summed E-state index contributed by atoms with van der Waals surface area (Å²) in [6.45, 7) is 2.36. The first kappa shape index (κ1) is 22.1. The van der Waals surface area contributed by atoms with E-state index in [4.69, 9.17) is 26.8 Å². The molecule has 0 bridgehead atoms. The number of carboxylic acid groups (broad SMARTS) is 3. The van der Waals surface area contributed by atoms with Crippen LogP contribution in [-0.2, 0) is 19.2 Å². The zero-order chi connectivity index (χ0) is 17.7.